The molecule has 1 aliphatic carbocycles. The van der Waals surface area contributed by atoms with Crippen LogP contribution < -0.4 is 5.32 Å². The van der Waals surface area contributed by atoms with E-state index in [1.165, 1.54) is 28.8 Å². The van der Waals surface area contributed by atoms with E-state index in [-0.39, 0.29) is 5.91 Å². The number of anilines is 1. The lowest BCUT2D eigenvalue weighted by Gasteiger charge is -2.34. The van der Waals surface area contributed by atoms with Crippen LogP contribution in [0.5, 0.6) is 0 Å². The Labute approximate surface area is 159 Å². The fourth-order valence-corrected chi connectivity index (χ4v) is 5.26. The fourth-order valence-electron chi connectivity index (χ4n) is 3.96. The van der Waals surface area contributed by atoms with E-state index in [2.05, 4.69) is 22.0 Å². The summed E-state index contributed by atoms with van der Waals surface area (Å²) in [6.07, 6.45) is 6.35. The SMILES string of the molecule is CCN1CCN(Cc2c(NC(=O)c3ccco3)sc3c2CCCC3)CC1. The van der Waals surface area contributed by atoms with E-state index in [4.69, 9.17) is 4.42 Å². The summed E-state index contributed by atoms with van der Waals surface area (Å²) >= 11 is 1.77. The van der Waals surface area contributed by atoms with E-state index in [1.54, 1.807) is 29.7 Å². The molecule has 1 saturated heterocycles. The van der Waals surface area contributed by atoms with Crippen molar-refractivity contribution in [2.75, 3.05) is 38.0 Å². The maximum Gasteiger partial charge on any atom is 0.291 e. The van der Waals surface area contributed by atoms with Crippen LogP contribution in [0, 0.1) is 0 Å². The molecule has 2 aliphatic rings. The molecule has 0 atom stereocenters. The van der Waals surface area contributed by atoms with Gasteiger partial charge in [0.1, 0.15) is 5.00 Å². The van der Waals surface area contributed by atoms with Gasteiger partial charge in [-0.15, -0.1) is 11.3 Å². The van der Waals surface area contributed by atoms with Gasteiger partial charge in [0.05, 0.1) is 6.26 Å². The smallest absolute Gasteiger partial charge is 0.291 e. The van der Waals surface area contributed by atoms with Crippen LogP contribution in [0.1, 0.15) is 46.3 Å². The third-order valence-electron chi connectivity index (χ3n) is 5.55. The summed E-state index contributed by atoms with van der Waals surface area (Å²) in [5.41, 5.74) is 2.84. The lowest BCUT2D eigenvalue weighted by Crippen LogP contribution is -2.45. The molecule has 2 aromatic heterocycles. The molecule has 26 heavy (non-hydrogen) atoms. The summed E-state index contributed by atoms with van der Waals surface area (Å²) in [7, 11) is 0. The van der Waals surface area contributed by atoms with Crippen LogP contribution in [-0.2, 0) is 19.4 Å². The summed E-state index contributed by atoms with van der Waals surface area (Å²) in [6.45, 7) is 8.78. The highest BCUT2D eigenvalue weighted by Gasteiger charge is 2.25. The van der Waals surface area contributed by atoms with Crippen molar-refractivity contribution in [3.63, 3.8) is 0 Å². The number of likely N-dealkylation sites (N-methyl/N-ethyl adjacent to an activating group) is 1. The van der Waals surface area contributed by atoms with Gasteiger partial charge in [0, 0.05) is 43.2 Å². The molecule has 5 nitrogen and oxygen atoms in total. The van der Waals surface area contributed by atoms with Gasteiger partial charge in [-0.05, 0) is 49.9 Å². The van der Waals surface area contributed by atoms with Crippen LogP contribution in [0.25, 0.3) is 0 Å². The molecule has 0 aromatic carbocycles. The number of rotatable bonds is 5. The highest BCUT2D eigenvalue weighted by atomic mass is 32.1. The number of aryl methyl sites for hydroxylation is 1. The molecule has 2 aromatic rings. The van der Waals surface area contributed by atoms with E-state index in [1.807, 2.05) is 0 Å². The van der Waals surface area contributed by atoms with E-state index < -0.39 is 0 Å². The lowest BCUT2D eigenvalue weighted by atomic mass is 9.95. The van der Waals surface area contributed by atoms with Gasteiger partial charge in [-0.2, -0.15) is 0 Å². The number of carbonyl (C=O) groups excluding carboxylic acids is 1. The van der Waals surface area contributed by atoms with Crippen molar-refractivity contribution < 1.29 is 9.21 Å². The molecule has 6 heteroatoms. The van der Waals surface area contributed by atoms with Crippen molar-refractivity contribution >= 4 is 22.2 Å². The Morgan fingerprint density at radius 2 is 1.96 bits per heavy atom. The number of amides is 1. The fraction of sp³-hybridized carbons (Fsp3) is 0.550. The normalized spacial score (nSPS) is 18.7. The molecule has 1 amide bonds. The van der Waals surface area contributed by atoms with Crippen LogP contribution in [0.2, 0.25) is 0 Å². The largest absolute Gasteiger partial charge is 0.459 e. The number of furan rings is 1. The van der Waals surface area contributed by atoms with Gasteiger partial charge in [0.2, 0.25) is 0 Å². The molecule has 0 unspecified atom stereocenters. The Morgan fingerprint density at radius 3 is 2.69 bits per heavy atom. The van der Waals surface area contributed by atoms with Crippen LogP contribution in [0.3, 0.4) is 0 Å². The molecule has 0 saturated carbocycles. The van der Waals surface area contributed by atoms with Gasteiger partial charge >= 0.3 is 0 Å². The molecule has 1 fully saturated rings. The van der Waals surface area contributed by atoms with E-state index >= 15 is 0 Å². The highest BCUT2D eigenvalue weighted by Crippen LogP contribution is 2.39. The monoisotopic (exact) mass is 373 g/mol. The second kappa shape index (κ2) is 7.94. The standard InChI is InChI=1S/C20H27N3O2S/c1-2-22-9-11-23(12-10-22)14-16-15-6-3-4-8-18(15)26-20(16)21-19(24)17-7-5-13-25-17/h5,7,13H,2-4,6,8-12,14H2,1H3,(H,21,24). The van der Waals surface area contributed by atoms with Crippen molar-refractivity contribution in [1.82, 2.24) is 9.80 Å². The van der Waals surface area contributed by atoms with Gasteiger partial charge in [0.15, 0.2) is 5.76 Å². The quantitative estimate of drug-likeness (QED) is 0.870. The highest BCUT2D eigenvalue weighted by molar-refractivity contribution is 7.16. The Kier molecular flexibility index (Phi) is 5.43. The van der Waals surface area contributed by atoms with Gasteiger partial charge in [0.25, 0.3) is 5.91 Å². The van der Waals surface area contributed by atoms with Crippen molar-refractivity contribution in [2.24, 2.45) is 0 Å². The minimum Gasteiger partial charge on any atom is -0.459 e. The van der Waals surface area contributed by atoms with Crippen molar-refractivity contribution in [3.8, 4) is 0 Å². The van der Waals surface area contributed by atoms with Crippen LogP contribution in [0.15, 0.2) is 22.8 Å². The zero-order valence-electron chi connectivity index (χ0n) is 15.4. The summed E-state index contributed by atoms with van der Waals surface area (Å²) in [4.78, 5) is 19.0. The molecule has 0 radical (unpaired) electrons. The topological polar surface area (TPSA) is 48.7 Å². The summed E-state index contributed by atoms with van der Waals surface area (Å²) < 4.78 is 5.26. The van der Waals surface area contributed by atoms with Gasteiger partial charge in [-0.25, -0.2) is 0 Å². The minimum atomic E-state index is -0.148. The Hall–Kier alpha value is -1.63. The predicted octanol–water partition coefficient (Wildman–Crippen LogP) is 3.61. The van der Waals surface area contributed by atoms with Crippen molar-refractivity contribution in [3.05, 3.63) is 40.2 Å². The molecule has 1 N–H and O–H groups in total. The van der Waals surface area contributed by atoms with Crippen LogP contribution in [0.4, 0.5) is 5.00 Å². The molecular formula is C20H27N3O2S. The van der Waals surface area contributed by atoms with Gasteiger partial charge in [-0.3, -0.25) is 9.69 Å². The average molecular weight is 374 g/mol. The first kappa shape index (κ1) is 17.8. The molecule has 0 bridgehead atoms. The number of carbonyl (C=O) groups is 1. The Bertz CT molecular complexity index is 745. The van der Waals surface area contributed by atoms with Crippen molar-refractivity contribution in [1.29, 1.82) is 0 Å². The lowest BCUT2D eigenvalue weighted by molar-refractivity contribution is 0.0996. The maximum absolute atomic E-state index is 12.5. The van der Waals surface area contributed by atoms with E-state index in [0.717, 1.165) is 57.1 Å². The zero-order valence-corrected chi connectivity index (χ0v) is 16.2. The predicted molar refractivity (Wildman–Crippen MR) is 105 cm³/mol. The van der Waals surface area contributed by atoms with E-state index in [0.29, 0.717) is 5.76 Å². The number of hydrogen-bond donors (Lipinski definition) is 1. The number of thiophene rings is 1. The summed E-state index contributed by atoms with van der Waals surface area (Å²) in [5, 5.41) is 4.15. The molecule has 0 spiro atoms. The summed E-state index contributed by atoms with van der Waals surface area (Å²) in [6, 6.07) is 3.47. The molecule has 1 aliphatic heterocycles. The molecule has 4 rings (SSSR count). The van der Waals surface area contributed by atoms with E-state index in [9.17, 15) is 4.79 Å². The number of nitrogens with one attached hydrogen (secondary N) is 1. The van der Waals surface area contributed by atoms with Gasteiger partial charge < -0.3 is 14.6 Å². The number of piperazine rings is 1. The van der Waals surface area contributed by atoms with Crippen molar-refractivity contribution in [2.45, 2.75) is 39.2 Å². The number of nitrogens with zero attached hydrogens (tertiary/aromatic N) is 2. The molecule has 3 heterocycles. The second-order valence-corrected chi connectivity index (χ2v) is 8.27. The zero-order chi connectivity index (χ0) is 17.9. The van der Waals surface area contributed by atoms with Gasteiger partial charge in [-0.1, -0.05) is 6.92 Å². The molecular weight excluding hydrogens is 346 g/mol. The van der Waals surface area contributed by atoms with Crippen LogP contribution in [-0.4, -0.2) is 48.4 Å². The number of fused-ring (bicyclic) bond motifs is 1. The minimum absolute atomic E-state index is 0.148. The first-order chi connectivity index (χ1) is 12.7. The first-order valence-corrected chi connectivity index (χ1v) is 10.5. The summed E-state index contributed by atoms with van der Waals surface area (Å²) in [5.74, 6) is 0.226. The van der Waals surface area contributed by atoms with Crippen LogP contribution >= 0.6 is 11.3 Å². The second-order valence-electron chi connectivity index (χ2n) is 7.16. The number of hydrogen-bond acceptors (Lipinski definition) is 5. The first-order valence-electron chi connectivity index (χ1n) is 9.67. The maximum atomic E-state index is 12.5. The Balaban J connectivity index is 1.54. The Morgan fingerprint density at radius 1 is 1.19 bits per heavy atom. The third kappa shape index (κ3) is 3.72. The average Bonchev–Trinajstić information content (AvgIpc) is 3.31. The third-order valence-corrected chi connectivity index (χ3v) is 6.80. The molecule has 140 valence electrons.